The van der Waals surface area contributed by atoms with Gasteiger partial charge < -0.3 is 5.32 Å². The largest absolute Gasteiger partial charge is 0.369 e. The van der Waals surface area contributed by atoms with Crippen LogP contribution in [0.15, 0.2) is 54.6 Å². The zero-order valence-corrected chi connectivity index (χ0v) is 13.0. The lowest BCUT2D eigenvalue weighted by atomic mass is 10.1. The maximum absolute atomic E-state index is 4.77. The Balaban J connectivity index is 1.75. The fourth-order valence-corrected chi connectivity index (χ4v) is 3.38. The van der Waals surface area contributed by atoms with E-state index in [2.05, 4.69) is 23.5 Å². The fourth-order valence-electron chi connectivity index (χ4n) is 2.57. The fraction of sp³-hybridized carbons (Fsp3) is 0.222. The first-order valence-electron chi connectivity index (χ1n) is 7.54. The molecule has 4 heteroatoms. The Hall–Kier alpha value is -2.07. The molecule has 0 spiro atoms. The predicted molar refractivity (Wildman–Crippen MR) is 94.3 cm³/mol. The first-order valence-corrected chi connectivity index (χ1v) is 8.69. The zero-order valence-electron chi connectivity index (χ0n) is 12.2. The number of hydrogen-bond acceptors (Lipinski definition) is 4. The molecule has 1 saturated heterocycles. The van der Waals surface area contributed by atoms with Crippen LogP contribution in [-0.4, -0.2) is 28.0 Å². The Labute approximate surface area is 134 Å². The molecule has 0 unspecified atom stereocenters. The highest BCUT2D eigenvalue weighted by atomic mass is 32.2. The summed E-state index contributed by atoms with van der Waals surface area (Å²) in [4.78, 5) is 9.48. The van der Waals surface area contributed by atoms with Crippen molar-refractivity contribution in [2.45, 2.75) is 0 Å². The van der Waals surface area contributed by atoms with Gasteiger partial charge in [-0.3, -0.25) is 0 Å². The van der Waals surface area contributed by atoms with Gasteiger partial charge in [0, 0.05) is 17.5 Å². The molecule has 1 aliphatic heterocycles. The van der Waals surface area contributed by atoms with Crippen molar-refractivity contribution in [2.24, 2.45) is 5.92 Å². The molecular formula is C18H17N3S. The summed E-state index contributed by atoms with van der Waals surface area (Å²) in [7, 11) is 0. The van der Waals surface area contributed by atoms with Gasteiger partial charge in [0.25, 0.3) is 0 Å². The molecule has 22 heavy (non-hydrogen) atoms. The number of hydrogen-bond donors (Lipinski definition) is 1. The molecular weight excluding hydrogens is 290 g/mol. The summed E-state index contributed by atoms with van der Waals surface area (Å²) < 4.78 is 0. The topological polar surface area (TPSA) is 37.8 Å². The van der Waals surface area contributed by atoms with E-state index in [9.17, 15) is 0 Å². The van der Waals surface area contributed by atoms with Gasteiger partial charge in [-0.05, 0) is 29.6 Å². The van der Waals surface area contributed by atoms with Gasteiger partial charge >= 0.3 is 0 Å². The molecule has 1 N–H and O–H groups in total. The quantitative estimate of drug-likeness (QED) is 0.788. The molecule has 0 radical (unpaired) electrons. The number of nitrogens with one attached hydrogen (secondary N) is 1. The number of thioether (sulfide) groups is 1. The van der Waals surface area contributed by atoms with E-state index in [0.717, 1.165) is 40.6 Å². The lowest BCUT2D eigenvalue weighted by Crippen LogP contribution is -2.26. The highest BCUT2D eigenvalue weighted by molar-refractivity contribution is 8.00. The third-order valence-electron chi connectivity index (χ3n) is 3.90. The highest BCUT2D eigenvalue weighted by Gasteiger charge is 2.18. The van der Waals surface area contributed by atoms with Crippen molar-refractivity contribution in [1.82, 2.24) is 9.97 Å². The number of nitrogens with zero attached hydrogens (tertiary/aromatic N) is 2. The van der Waals surface area contributed by atoms with Crippen LogP contribution in [0.3, 0.4) is 0 Å². The second kappa shape index (κ2) is 5.97. The number of para-hydroxylation sites is 1. The summed E-state index contributed by atoms with van der Waals surface area (Å²) in [6.45, 7) is 0.988. The van der Waals surface area contributed by atoms with Crippen molar-refractivity contribution in [1.29, 1.82) is 0 Å². The van der Waals surface area contributed by atoms with Gasteiger partial charge in [0.1, 0.15) is 5.82 Å². The normalized spacial score (nSPS) is 14.7. The van der Waals surface area contributed by atoms with Gasteiger partial charge in [-0.2, -0.15) is 11.8 Å². The van der Waals surface area contributed by atoms with E-state index in [1.807, 2.05) is 48.2 Å². The standard InChI is InChI=1S/C18H17N3S/c1-2-6-14(7-3-1)17-20-16-9-5-4-8-15(16)18(21-17)19-10-13-11-22-12-13/h1-9,13H,10-12H2,(H,19,20,21). The summed E-state index contributed by atoms with van der Waals surface area (Å²) in [5.74, 6) is 4.99. The molecule has 1 fully saturated rings. The molecule has 1 aromatic heterocycles. The molecule has 0 amide bonds. The average Bonchev–Trinajstić information content (AvgIpc) is 2.54. The number of fused-ring (bicyclic) bond motifs is 1. The van der Waals surface area contributed by atoms with Gasteiger partial charge in [0.2, 0.25) is 0 Å². The summed E-state index contributed by atoms with van der Waals surface area (Å²) in [5, 5.41) is 4.63. The molecule has 0 bridgehead atoms. The van der Waals surface area contributed by atoms with E-state index < -0.39 is 0 Å². The second-order valence-electron chi connectivity index (χ2n) is 5.56. The molecule has 3 nitrogen and oxygen atoms in total. The van der Waals surface area contributed by atoms with Crippen LogP contribution in [0.1, 0.15) is 0 Å². The third-order valence-corrected chi connectivity index (χ3v) is 5.31. The third kappa shape index (κ3) is 2.66. The maximum Gasteiger partial charge on any atom is 0.162 e. The summed E-state index contributed by atoms with van der Waals surface area (Å²) >= 11 is 2.01. The minimum Gasteiger partial charge on any atom is -0.369 e. The SMILES string of the molecule is c1ccc(-c2nc(NCC3CSC3)c3ccccc3n2)cc1. The van der Waals surface area contributed by atoms with Crippen molar-refractivity contribution in [3.05, 3.63) is 54.6 Å². The lowest BCUT2D eigenvalue weighted by molar-refractivity contribution is 0.676. The molecule has 1 aliphatic rings. The Morgan fingerprint density at radius 3 is 2.50 bits per heavy atom. The van der Waals surface area contributed by atoms with Gasteiger partial charge in [-0.1, -0.05) is 42.5 Å². The van der Waals surface area contributed by atoms with E-state index in [1.54, 1.807) is 0 Å². The van der Waals surface area contributed by atoms with Crippen LogP contribution in [0.5, 0.6) is 0 Å². The van der Waals surface area contributed by atoms with Crippen molar-refractivity contribution in [3.63, 3.8) is 0 Å². The van der Waals surface area contributed by atoms with E-state index in [-0.39, 0.29) is 0 Å². The minimum atomic E-state index is 0.763. The van der Waals surface area contributed by atoms with Crippen LogP contribution >= 0.6 is 11.8 Å². The van der Waals surface area contributed by atoms with E-state index >= 15 is 0 Å². The predicted octanol–water partition coefficient (Wildman–Crippen LogP) is 4.07. The molecule has 0 aliphatic carbocycles. The zero-order chi connectivity index (χ0) is 14.8. The van der Waals surface area contributed by atoms with Gasteiger partial charge in [0.05, 0.1) is 5.52 Å². The summed E-state index contributed by atoms with van der Waals surface area (Å²) in [5.41, 5.74) is 2.04. The Kier molecular flexibility index (Phi) is 3.69. The molecule has 0 atom stereocenters. The van der Waals surface area contributed by atoms with Crippen LogP contribution in [0, 0.1) is 5.92 Å². The average molecular weight is 307 g/mol. The van der Waals surface area contributed by atoms with Gasteiger partial charge in [-0.25, -0.2) is 9.97 Å². The van der Waals surface area contributed by atoms with Crippen LogP contribution in [-0.2, 0) is 0 Å². The lowest BCUT2D eigenvalue weighted by Gasteiger charge is -2.25. The minimum absolute atomic E-state index is 0.763. The maximum atomic E-state index is 4.77. The van der Waals surface area contributed by atoms with Crippen molar-refractivity contribution < 1.29 is 0 Å². The number of anilines is 1. The van der Waals surface area contributed by atoms with E-state index in [4.69, 9.17) is 9.97 Å². The molecule has 4 rings (SSSR count). The number of aromatic nitrogens is 2. The first kappa shape index (κ1) is 13.6. The molecule has 2 aromatic carbocycles. The smallest absolute Gasteiger partial charge is 0.162 e. The molecule has 2 heterocycles. The van der Waals surface area contributed by atoms with Crippen molar-refractivity contribution in [2.75, 3.05) is 23.4 Å². The van der Waals surface area contributed by atoms with E-state index in [1.165, 1.54) is 11.5 Å². The van der Waals surface area contributed by atoms with Crippen LogP contribution in [0.4, 0.5) is 5.82 Å². The first-order chi connectivity index (χ1) is 10.9. The molecule has 0 saturated carbocycles. The van der Waals surface area contributed by atoms with Crippen LogP contribution < -0.4 is 5.32 Å². The Morgan fingerprint density at radius 1 is 0.955 bits per heavy atom. The number of benzene rings is 2. The van der Waals surface area contributed by atoms with E-state index in [0.29, 0.717) is 0 Å². The van der Waals surface area contributed by atoms with Crippen LogP contribution in [0.25, 0.3) is 22.3 Å². The Bertz CT molecular complexity index is 785. The highest BCUT2D eigenvalue weighted by Crippen LogP contribution is 2.27. The van der Waals surface area contributed by atoms with Crippen molar-refractivity contribution in [3.8, 4) is 11.4 Å². The summed E-state index contributed by atoms with van der Waals surface area (Å²) in [6.07, 6.45) is 0. The molecule has 110 valence electrons. The van der Waals surface area contributed by atoms with Gasteiger partial charge in [0.15, 0.2) is 5.82 Å². The van der Waals surface area contributed by atoms with Crippen molar-refractivity contribution >= 4 is 28.5 Å². The monoisotopic (exact) mass is 307 g/mol. The summed E-state index contributed by atoms with van der Waals surface area (Å²) in [6, 6.07) is 18.4. The second-order valence-corrected chi connectivity index (χ2v) is 6.64. The van der Waals surface area contributed by atoms with Gasteiger partial charge in [-0.15, -0.1) is 0 Å². The Morgan fingerprint density at radius 2 is 1.73 bits per heavy atom. The number of rotatable bonds is 4. The molecule has 3 aromatic rings. The van der Waals surface area contributed by atoms with Crippen LogP contribution in [0.2, 0.25) is 0 Å².